The number of hydrazone groups is 1. The lowest BCUT2D eigenvalue weighted by atomic mass is 10.1. The molecule has 1 unspecified atom stereocenters. The summed E-state index contributed by atoms with van der Waals surface area (Å²) in [6.45, 7) is 18.4. The van der Waals surface area contributed by atoms with Gasteiger partial charge in [-0.1, -0.05) is 32.9 Å². The third kappa shape index (κ3) is 10.6. The Hall–Kier alpha value is -3.48. The Morgan fingerprint density at radius 2 is 1.86 bits per heavy atom. The van der Waals surface area contributed by atoms with E-state index in [1.54, 1.807) is 12.3 Å². The molecule has 0 aliphatic rings. The molecular formula is C25H44F2N10. The fourth-order valence-corrected chi connectivity index (χ4v) is 3.28. The van der Waals surface area contributed by atoms with Crippen LogP contribution in [0.3, 0.4) is 0 Å². The van der Waals surface area contributed by atoms with Crippen LogP contribution in [0, 0.1) is 0 Å². The zero-order valence-corrected chi connectivity index (χ0v) is 22.7. The number of allylic oxidation sites excluding steroid dienone is 3. The van der Waals surface area contributed by atoms with E-state index in [9.17, 15) is 8.78 Å². The first kappa shape index (κ1) is 33.5. The highest BCUT2D eigenvalue weighted by molar-refractivity contribution is 6.03. The number of hydrogen-bond acceptors (Lipinski definition) is 9. The lowest BCUT2D eigenvalue weighted by Crippen LogP contribution is -2.43. The van der Waals surface area contributed by atoms with Crippen LogP contribution in [0.2, 0.25) is 0 Å². The van der Waals surface area contributed by atoms with Gasteiger partial charge < -0.3 is 22.3 Å². The molecule has 0 spiro atoms. The molecule has 0 amide bonds. The normalized spacial score (nSPS) is 13.4. The van der Waals surface area contributed by atoms with E-state index in [1.165, 1.54) is 17.3 Å². The van der Waals surface area contributed by atoms with E-state index in [2.05, 4.69) is 48.9 Å². The van der Waals surface area contributed by atoms with Gasteiger partial charge in [0, 0.05) is 30.5 Å². The van der Waals surface area contributed by atoms with Crippen LogP contribution < -0.4 is 29.0 Å². The van der Waals surface area contributed by atoms with Gasteiger partial charge in [-0.3, -0.25) is 9.91 Å². The maximum atomic E-state index is 14.0. The largest absolute Gasteiger partial charge is 0.397 e. The van der Waals surface area contributed by atoms with Gasteiger partial charge in [-0.2, -0.15) is 5.10 Å². The number of hydrazine groups is 2. The van der Waals surface area contributed by atoms with E-state index >= 15 is 0 Å². The second kappa shape index (κ2) is 17.1. The van der Waals surface area contributed by atoms with Crippen LogP contribution in [-0.2, 0) is 0 Å². The van der Waals surface area contributed by atoms with Gasteiger partial charge in [-0.05, 0) is 46.3 Å². The van der Waals surface area contributed by atoms with Gasteiger partial charge in [0.1, 0.15) is 11.6 Å². The van der Waals surface area contributed by atoms with E-state index < -0.39 is 17.4 Å². The molecule has 0 saturated heterocycles. The molecule has 208 valence electrons. The van der Waals surface area contributed by atoms with Crippen LogP contribution in [-0.4, -0.2) is 51.4 Å². The summed E-state index contributed by atoms with van der Waals surface area (Å²) in [5.74, 6) is 15.0. The Labute approximate surface area is 219 Å². The predicted molar refractivity (Wildman–Crippen MR) is 150 cm³/mol. The number of anilines is 1. The summed E-state index contributed by atoms with van der Waals surface area (Å²) in [4.78, 5) is 6.44. The number of aromatic nitrogens is 1. The molecule has 0 aliphatic heterocycles. The van der Waals surface area contributed by atoms with Crippen molar-refractivity contribution in [3.8, 4) is 0 Å². The number of hydrogen-bond donors (Lipinski definition) is 5. The summed E-state index contributed by atoms with van der Waals surface area (Å²) >= 11 is 0. The van der Waals surface area contributed by atoms with Crippen LogP contribution in [0.25, 0.3) is 5.70 Å². The maximum absolute atomic E-state index is 14.0. The van der Waals surface area contributed by atoms with E-state index in [-0.39, 0.29) is 23.3 Å². The van der Waals surface area contributed by atoms with Crippen molar-refractivity contribution in [2.45, 2.75) is 53.5 Å². The van der Waals surface area contributed by atoms with Crippen molar-refractivity contribution in [2.75, 3.05) is 25.4 Å². The van der Waals surface area contributed by atoms with Crippen molar-refractivity contribution in [2.24, 2.45) is 28.4 Å². The summed E-state index contributed by atoms with van der Waals surface area (Å²) in [5.41, 5.74) is 12.6. The average Bonchev–Trinajstić information content (AvgIpc) is 2.85. The Morgan fingerprint density at radius 1 is 1.27 bits per heavy atom. The zero-order chi connectivity index (χ0) is 28.7. The Bertz CT molecular complexity index is 970. The summed E-state index contributed by atoms with van der Waals surface area (Å²) < 4.78 is 27.3. The first-order valence-electron chi connectivity index (χ1n) is 12.0. The van der Waals surface area contributed by atoms with Crippen molar-refractivity contribution in [3.05, 3.63) is 66.2 Å². The van der Waals surface area contributed by atoms with Crippen LogP contribution in [0.1, 0.15) is 58.6 Å². The fraction of sp³-hybridized carbons (Fsp3) is 0.440. The van der Waals surface area contributed by atoms with Crippen molar-refractivity contribution in [1.82, 2.24) is 19.9 Å². The highest BCUT2D eigenvalue weighted by Crippen LogP contribution is 2.22. The Morgan fingerprint density at radius 3 is 2.35 bits per heavy atom. The minimum atomic E-state index is -1.25. The minimum absolute atomic E-state index is 0.00176. The summed E-state index contributed by atoms with van der Waals surface area (Å²) in [6.07, 6.45) is 7.00. The fourth-order valence-electron chi connectivity index (χ4n) is 3.28. The van der Waals surface area contributed by atoms with Gasteiger partial charge in [-0.25, -0.2) is 25.5 Å². The monoisotopic (exact) mass is 522 g/mol. The molecule has 1 aromatic heterocycles. The first-order valence-corrected chi connectivity index (χ1v) is 12.0. The third-order valence-electron chi connectivity index (χ3n) is 5.30. The molecule has 0 radical (unpaired) electrons. The molecule has 0 aromatic carbocycles. The predicted octanol–water partition coefficient (Wildman–Crippen LogP) is 3.28. The molecule has 0 bridgehead atoms. The number of unbranched alkanes of at least 4 members (excludes halogenated alkanes) is 1. The number of nitrogen functional groups attached to an aromatic ring is 1. The molecule has 1 heterocycles. The second-order valence-electron chi connectivity index (χ2n) is 8.29. The highest BCUT2D eigenvalue weighted by Gasteiger charge is 2.22. The summed E-state index contributed by atoms with van der Waals surface area (Å²) in [6, 6.07) is 1.73. The Balaban J connectivity index is 0.00000410. The quantitative estimate of drug-likeness (QED) is 0.0691. The number of nitrogens with two attached hydrogens (primary N) is 5. The number of halogens is 2. The van der Waals surface area contributed by atoms with E-state index in [0.29, 0.717) is 22.8 Å². The molecule has 10 nitrogen and oxygen atoms in total. The maximum Gasteiger partial charge on any atom is 0.178 e. The number of pyridine rings is 1. The van der Waals surface area contributed by atoms with E-state index in [4.69, 9.17) is 29.0 Å². The van der Waals surface area contributed by atoms with E-state index in [0.717, 1.165) is 32.9 Å². The number of nitrogens with zero attached hydrogens (tertiary/aromatic N) is 5. The summed E-state index contributed by atoms with van der Waals surface area (Å²) in [5, 5.41) is 5.75. The standard InChI is InChI=1S/C22H38F2N10.C3H6/c1-6-8-9-32(7-2)14(3)12-33(28)13-19(25)17-10-18(21(26)30-11-17)22(31-27)34(29)16(5)20(24)15(4)23;1-3-2/h10-11,13-14H,5-9,12,25,27-29H2,1-4H3,(H2,26,30);3H,1H2,2H3/b19-13-,20-15-,31-22-;. The molecule has 1 aromatic rings. The van der Waals surface area contributed by atoms with Gasteiger partial charge >= 0.3 is 0 Å². The van der Waals surface area contributed by atoms with Crippen molar-refractivity contribution in [1.29, 1.82) is 0 Å². The van der Waals surface area contributed by atoms with Crippen molar-refractivity contribution in [3.63, 3.8) is 0 Å². The van der Waals surface area contributed by atoms with Crippen LogP contribution in [0.4, 0.5) is 14.6 Å². The van der Waals surface area contributed by atoms with Gasteiger partial charge in [0.05, 0.1) is 17.0 Å². The van der Waals surface area contributed by atoms with Crippen molar-refractivity contribution >= 4 is 17.4 Å². The smallest absolute Gasteiger partial charge is 0.178 e. The Kier molecular flexibility index (Phi) is 15.5. The number of likely N-dealkylation sites (N-methyl/N-ethyl adjacent to an activating group) is 1. The lowest BCUT2D eigenvalue weighted by Gasteiger charge is -2.30. The average molecular weight is 523 g/mol. The molecule has 10 N–H and O–H groups in total. The van der Waals surface area contributed by atoms with Crippen LogP contribution in [0.5, 0.6) is 0 Å². The van der Waals surface area contributed by atoms with Gasteiger partial charge in [0.2, 0.25) is 0 Å². The molecule has 0 saturated carbocycles. The molecule has 0 aliphatic carbocycles. The van der Waals surface area contributed by atoms with Crippen molar-refractivity contribution < 1.29 is 8.78 Å². The SMILES string of the molecule is C=C(/C(F)=C(\C)F)N(N)/C(=N\N)c1cc(/C(N)=C/N(N)CC(C)N(CC)CCCC)cnc1N.C=CC. The molecule has 12 heteroatoms. The molecule has 37 heavy (non-hydrogen) atoms. The second-order valence-corrected chi connectivity index (χ2v) is 8.29. The molecular weight excluding hydrogens is 478 g/mol. The highest BCUT2D eigenvalue weighted by atomic mass is 19.2. The van der Waals surface area contributed by atoms with Crippen LogP contribution in [0.15, 0.2) is 60.1 Å². The third-order valence-corrected chi connectivity index (χ3v) is 5.30. The van der Waals surface area contributed by atoms with Gasteiger partial charge in [-0.15, -0.1) is 6.58 Å². The summed E-state index contributed by atoms with van der Waals surface area (Å²) in [7, 11) is 0. The topological polar surface area (TPSA) is 165 Å². The first-order chi connectivity index (χ1) is 17.4. The van der Waals surface area contributed by atoms with Crippen LogP contribution >= 0.6 is 0 Å². The molecule has 1 rings (SSSR count). The van der Waals surface area contributed by atoms with Gasteiger partial charge in [0.25, 0.3) is 0 Å². The number of amidine groups is 1. The zero-order valence-electron chi connectivity index (χ0n) is 22.7. The minimum Gasteiger partial charge on any atom is -0.397 e. The number of rotatable bonds is 12. The molecule has 1 atom stereocenters. The molecule has 0 fully saturated rings. The van der Waals surface area contributed by atoms with Gasteiger partial charge in [0.15, 0.2) is 11.7 Å². The lowest BCUT2D eigenvalue weighted by molar-refractivity contribution is 0.177. The van der Waals surface area contributed by atoms with E-state index in [1.807, 2.05) is 6.92 Å².